The van der Waals surface area contributed by atoms with Gasteiger partial charge in [-0.1, -0.05) is 48.5 Å². The number of carbonyl (C=O) groups excluding carboxylic acids is 2. The molecule has 2 aromatic rings. The molecule has 0 saturated heterocycles. The summed E-state index contributed by atoms with van der Waals surface area (Å²) in [6.45, 7) is 1.39. The van der Waals surface area contributed by atoms with Crippen molar-refractivity contribution >= 4 is 11.8 Å². The summed E-state index contributed by atoms with van der Waals surface area (Å²) in [6.07, 6.45) is 0. The maximum atomic E-state index is 11.8. The summed E-state index contributed by atoms with van der Waals surface area (Å²) in [5.41, 5.74) is 9.76. The zero-order chi connectivity index (χ0) is 15.0. The lowest BCUT2D eigenvalue weighted by atomic mass is 9.89. The van der Waals surface area contributed by atoms with Crippen LogP contribution in [0.2, 0.25) is 0 Å². The predicted octanol–water partition coefficient (Wildman–Crippen LogP) is 1.79. The molecule has 0 radical (unpaired) electrons. The van der Waals surface area contributed by atoms with Gasteiger partial charge >= 0.3 is 0 Å². The Morgan fingerprint density at radius 1 is 1.00 bits per heavy atom. The average Bonchev–Trinajstić information content (AvgIpc) is 2.79. The molecule has 2 aromatic carbocycles. The molecule has 3 N–H and O–H groups in total. The van der Waals surface area contributed by atoms with E-state index in [2.05, 4.69) is 5.32 Å². The molecule has 21 heavy (non-hydrogen) atoms. The molecule has 0 saturated carbocycles. The number of hydrogen-bond acceptors (Lipinski definition) is 2. The van der Waals surface area contributed by atoms with Gasteiger partial charge < -0.3 is 11.1 Å². The highest BCUT2D eigenvalue weighted by molar-refractivity contribution is 5.90. The molecule has 0 aromatic heterocycles. The fourth-order valence-corrected chi connectivity index (χ4v) is 3.09. The minimum Gasteiger partial charge on any atom is -0.368 e. The van der Waals surface area contributed by atoms with Crippen LogP contribution in [0.1, 0.15) is 24.0 Å². The van der Waals surface area contributed by atoms with Crippen LogP contribution < -0.4 is 11.1 Å². The normalized spacial score (nSPS) is 14.1. The third kappa shape index (κ3) is 2.18. The van der Waals surface area contributed by atoms with Gasteiger partial charge in [0.1, 0.15) is 6.04 Å². The van der Waals surface area contributed by atoms with Crippen LogP contribution in [0.25, 0.3) is 11.1 Å². The summed E-state index contributed by atoms with van der Waals surface area (Å²) >= 11 is 0. The van der Waals surface area contributed by atoms with Gasteiger partial charge in [0.2, 0.25) is 11.8 Å². The molecule has 2 amide bonds. The van der Waals surface area contributed by atoms with Gasteiger partial charge in [-0.15, -0.1) is 0 Å². The van der Waals surface area contributed by atoms with Gasteiger partial charge in [0.05, 0.1) is 0 Å². The third-order valence-electron chi connectivity index (χ3n) is 3.88. The highest BCUT2D eigenvalue weighted by Gasteiger charge is 2.37. The van der Waals surface area contributed by atoms with Crippen molar-refractivity contribution in [3.05, 3.63) is 59.7 Å². The van der Waals surface area contributed by atoms with E-state index in [1.54, 1.807) is 0 Å². The molecule has 1 aliphatic rings. The van der Waals surface area contributed by atoms with E-state index < -0.39 is 11.9 Å². The fourth-order valence-electron chi connectivity index (χ4n) is 3.09. The Balaban J connectivity index is 2.17. The first-order valence-corrected chi connectivity index (χ1v) is 6.84. The molecule has 0 unspecified atom stereocenters. The van der Waals surface area contributed by atoms with Crippen molar-refractivity contribution in [2.24, 2.45) is 5.73 Å². The minimum atomic E-state index is -0.743. The number of amides is 2. The quantitative estimate of drug-likeness (QED) is 0.899. The SMILES string of the molecule is CC(=O)N[C@@H](C(N)=O)C1c2ccccc2-c2ccccc21. The molecular formula is C17H16N2O2. The number of primary amides is 1. The van der Waals surface area contributed by atoms with E-state index in [-0.39, 0.29) is 11.8 Å². The maximum absolute atomic E-state index is 11.8. The maximum Gasteiger partial charge on any atom is 0.240 e. The van der Waals surface area contributed by atoms with Crippen molar-refractivity contribution in [1.29, 1.82) is 0 Å². The molecule has 0 aliphatic heterocycles. The minimum absolute atomic E-state index is 0.237. The van der Waals surface area contributed by atoms with Crippen LogP contribution in [0.4, 0.5) is 0 Å². The molecule has 1 aliphatic carbocycles. The lowest BCUT2D eigenvalue weighted by Crippen LogP contribution is -2.47. The Morgan fingerprint density at radius 2 is 1.48 bits per heavy atom. The van der Waals surface area contributed by atoms with Crippen LogP contribution in [0.15, 0.2) is 48.5 Å². The Morgan fingerprint density at radius 3 is 1.90 bits per heavy atom. The molecule has 0 bridgehead atoms. The van der Waals surface area contributed by atoms with Gasteiger partial charge in [-0.25, -0.2) is 0 Å². The van der Waals surface area contributed by atoms with E-state index in [0.29, 0.717) is 0 Å². The molecule has 1 atom stereocenters. The van der Waals surface area contributed by atoms with E-state index in [0.717, 1.165) is 22.3 Å². The van der Waals surface area contributed by atoms with Crippen molar-refractivity contribution in [3.63, 3.8) is 0 Å². The topological polar surface area (TPSA) is 72.2 Å². The Kier molecular flexibility index (Phi) is 3.22. The lowest BCUT2D eigenvalue weighted by molar-refractivity contribution is -0.126. The van der Waals surface area contributed by atoms with E-state index >= 15 is 0 Å². The van der Waals surface area contributed by atoms with Gasteiger partial charge in [0.15, 0.2) is 0 Å². The second kappa shape index (κ2) is 5.05. The molecule has 3 rings (SSSR count). The van der Waals surface area contributed by atoms with E-state index in [1.165, 1.54) is 6.92 Å². The van der Waals surface area contributed by atoms with Gasteiger partial charge in [-0.2, -0.15) is 0 Å². The first-order chi connectivity index (χ1) is 10.1. The number of fused-ring (bicyclic) bond motifs is 3. The zero-order valence-corrected chi connectivity index (χ0v) is 11.7. The van der Waals surface area contributed by atoms with Crippen molar-refractivity contribution in [2.45, 2.75) is 18.9 Å². The number of carbonyl (C=O) groups is 2. The highest BCUT2D eigenvalue weighted by atomic mass is 16.2. The van der Waals surface area contributed by atoms with E-state index in [4.69, 9.17) is 5.73 Å². The van der Waals surface area contributed by atoms with E-state index in [1.807, 2.05) is 48.5 Å². The average molecular weight is 280 g/mol. The molecular weight excluding hydrogens is 264 g/mol. The fraction of sp³-hybridized carbons (Fsp3) is 0.176. The van der Waals surface area contributed by atoms with Gasteiger partial charge in [-0.3, -0.25) is 9.59 Å². The molecule has 4 nitrogen and oxygen atoms in total. The molecule has 0 heterocycles. The van der Waals surface area contributed by atoms with Crippen LogP contribution in [-0.2, 0) is 9.59 Å². The summed E-state index contributed by atoms with van der Waals surface area (Å²) < 4.78 is 0. The number of nitrogens with one attached hydrogen (secondary N) is 1. The summed E-state index contributed by atoms with van der Waals surface area (Å²) in [7, 11) is 0. The predicted molar refractivity (Wildman–Crippen MR) is 80.5 cm³/mol. The second-order valence-electron chi connectivity index (χ2n) is 5.23. The van der Waals surface area contributed by atoms with Crippen LogP contribution in [-0.4, -0.2) is 17.9 Å². The second-order valence-corrected chi connectivity index (χ2v) is 5.23. The van der Waals surface area contributed by atoms with Crippen molar-refractivity contribution in [3.8, 4) is 11.1 Å². The van der Waals surface area contributed by atoms with Crippen LogP contribution in [0.3, 0.4) is 0 Å². The summed E-state index contributed by atoms with van der Waals surface area (Å²) in [6, 6.07) is 15.1. The lowest BCUT2D eigenvalue weighted by Gasteiger charge is -2.23. The van der Waals surface area contributed by atoms with Crippen LogP contribution in [0, 0.1) is 0 Å². The van der Waals surface area contributed by atoms with Crippen LogP contribution in [0.5, 0.6) is 0 Å². The molecule has 0 spiro atoms. The van der Waals surface area contributed by atoms with Crippen molar-refractivity contribution in [1.82, 2.24) is 5.32 Å². The number of benzene rings is 2. The van der Waals surface area contributed by atoms with Gasteiger partial charge in [-0.05, 0) is 22.3 Å². The Hall–Kier alpha value is -2.62. The Labute approximate surface area is 123 Å². The van der Waals surface area contributed by atoms with Crippen molar-refractivity contribution in [2.75, 3.05) is 0 Å². The zero-order valence-electron chi connectivity index (χ0n) is 11.7. The molecule has 4 heteroatoms. The van der Waals surface area contributed by atoms with Gasteiger partial charge in [0.25, 0.3) is 0 Å². The smallest absolute Gasteiger partial charge is 0.240 e. The Bertz CT molecular complexity index is 679. The van der Waals surface area contributed by atoms with Crippen molar-refractivity contribution < 1.29 is 9.59 Å². The summed E-state index contributed by atoms with van der Waals surface area (Å²) in [4.78, 5) is 23.3. The number of rotatable bonds is 3. The summed E-state index contributed by atoms with van der Waals surface area (Å²) in [5, 5.41) is 2.69. The standard InChI is InChI=1S/C17H16N2O2/c1-10(20)19-16(17(18)21)15-13-8-4-2-6-11(13)12-7-3-5-9-14(12)15/h2-9,15-16H,1H3,(H2,18,21)(H,19,20)/t16-/m1/s1. The number of hydrogen-bond donors (Lipinski definition) is 2. The highest BCUT2D eigenvalue weighted by Crippen LogP contribution is 2.45. The number of nitrogens with two attached hydrogens (primary N) is 1. The monoisotopic (exact) mass is 280 g/mol. The largest absolute Gasteiger partial charge is 0.368 e. The first-order valence-electron chi connectivity index (χ1n) is 6.84. The van der Waals surface area contributed by atoms with Gasteiger partial charge in [0, 0.05) is 12.8 Å². The third-order valence-corrected chi connectivity index (χ3v) is 3.88. The first kappa shape index (κ1) is 13.4. The van der Waals surface area contributed by atoms with Crippen LogP contribution >= 0.6 is 0 Å². The van der Waals surface area contributed by atoms with E-state index in [9.17, 15) is 9.59 Å². The molecule has 106 valence electrons. The summed E-state index contributed by atoms with van der Waals surface area (Å²) in [5.74, 6) is -1.03. The molecule has 0 fully saturated rings.